The molecule has 1 atom stereocenters. The summed E-state index contributed by atoms with van der Waals surface area (Å²) >= 11 is 1.71. The lowest BCUT2D eigenvalue weighted by Gasteiger charge is -2.42. The van der Waals surface area contributed by atoms with Crippen LogP contribution >= 0.6 is 11.3 Å². The molecule has 1 aliphatic carbocycles. The maximum atomic E-state index is 13.3. The zero-order chi connectivity index (χ0) is 20.3. The fourth-order valence-electron chi connectivity index (χ4n) is 4.38. The van der Waals surface area contributed by atoms with Crippen LogP contribution in [0, 0.1) is 11.3 Å². The molecule has 4 nitrogen and oxygen atoms in total. The van der Waals surface area contributed by atoms with Gasteiger partial charge in [-0.3, -0.25) is 9.59 Å². The van der Waals surface area contributed by atoms with Crippen LogP contribution in [0.1, 0.15) is 31.2 Å². The Kier molecular flexibility index (Phi) is 5.86. The molecular formula is C24H28N2O2S. The van der Waals surface area contributed by atoms with Crippen molar-refractivity contribution in [1.29, 1.82) is 0 Å². The fourth-order valence-corrected chi connectivity index (χ4v) is 5.17. The Morgan fingerprint density at radius 2 is 2.07 bits per heavy atom. The van der Waals surface area contributed by atoms with E-state index in [1.165, 1.54) is 16.0 Å². The minimum Gasteiger partial charge on any atom is -0.352 e. The highest BCUT2D eigenvalue weighted by molar-refractivity contribution is 7.13. The number of hydrogen-bond donors (Lipinski definition) is 1. The van der Waals surface area contributed by atoms with Crippen LogP contribution in [-0.2, 0) is 16.0 Å². The first-order valence-corrected chi connectivity index (χ1v) is 11.3. The summed E-state index contributed by atoms with van der Waals surface area (Å²) in [6, 6.07) is 12.5. The summed E-state index contributed by atoms with van der Waals surface area (Å²) in [5.41, 5.74) is 1.76. The van der Waals surface area contributed by atoms with Crippen molar-refractivity contribution < 1.29 is 9.59 Å². The first-order valence-electron chi connectivity index (χ1n) is 10.4. The third kappa shape index (κ3) is 4.30. The Morgan fingerprint density at radius 1 is 1.24 bits per heavy atom. The second-order valence-corrected chi connectivity index (χ2v) is 9.18. The zero-order valence-electron chi connectivity index (χ0n) is 16.7. The Bertz CT molecular complexity index is 888. The molecule has 1 aliphatic heterocycles. The molecule has 1 aromatic heterocycles. The Balaban J connectivity index is 1.65. The number of thiophene rings is 1. The normalized spacial score (nSPS) is 21.6. The SMILES string of the molecule is C=CCNC(=O)[C@]1(Cc2ccccc2-c2cccs2)CCCN(C(=O)C2CC2)C1. The van der Waals surface area contributed by atoms with Crippen LogP contribution in [0.25, 0.3) is 10.4 Å². The van der Waals surface area contributed by atoms with Crippen LogP contribution in [0.15, 0.2) is 54.4 Å². The van der Waals surface area contributed by atoms with Crippen LogP contribution in [0.2, 0.25) is 0 Å². The van der Waals surface area contributed by atoms with Crippen LogP contribution in [-0.4, -0.2) is 36.3 Å². The minimum absolute atomic E-state index is 0.0340. The van der Waals surface area contributed by atoms with Crippen LogP contribution in [0.3, 0.4) is 0 Å². The number of carbonyl (C=O) groups is 2. The maximum Gasteiger partial charge on any atom is 0.228 e. The third-order valence-electron chi connectivity index (χ3n) is 6.04. The van der Waals surface area contributed by atoms with E-state index < -0.39 is 5.41 Å². The number of amides is 2. The molecule has 2 heterocycles. The van der Waals surface area contributed by atoms with E-state index in [2.05, 4.69) is 41.5 Å². The van der Waals surface area contributed by atoms with Crippen molar-refractivity contribution in [3.63, 3.8) is 0 Å². The maximum absolute atomic E-state index is 13.3. The van der Waals surface area contributed by atoms with Gasteiger partial charge in [0.2, 0.25) is 11.8 Å². The first-order chi connectivity index (χ1) is 14.1. The summed E-state index contributed by atoms with van der Waals surface area (Å²) in [6.07, 6.45) is 5.99. The van der Waals surface area contributed by atoms with Gasteiger partial charge in [-0.05, 0) is 54.7 Å². The molecule has 0 bridgehead atoms. The van der Waals surface area contributed by atoms with Crippen LogP contribution < -0.4 is 5.32 Å². The molecular weight excluding hydrogens is 380 g/mol. The van der Waals surface area contributed by atoms with Gasteiger partial charge in [-0.2, -0.15) is 0 Å². The number of piperidine rings is 1. The number of nitrogens with one attached hydrogen (secondary N) is 1. The molecule has 2 amide bonds. The molecule has 1 N–H and O–H groups in total. The van der Waals surface area contributed by atoms with Gasteiger partial charge in [-0.1, -0.05) is 36.4 Å². The molecule has 1 aromatic carbocycles. The van der Waals surface area contributed by atoms with Crippen molar-refractivity contribution in [3.8, 4) is 10.4 Å². The Labute approximate surface area is 176 Å². The van der Waals surface area contributed by atoms with E-state index >= 15 is 0 Å². The summed E-state index contributed by atoms with van der Waals surface area (Å²) in [6.45, 7) is 5.44. The van der Waals surface area contributed by atoms with Crippen molar-refractivity contribution in [2.75, 3.05) is 19.6 Å². The van der Waals surface area contributed by atoms with Gasteiger partial charge < -0.3 is 10.2 Å². The van der Waals surface area contributed by atoms with Crippen molar-refractivity contribution >= 4 is 23.2 Å². The summed E-state index contributed by atoms with van der Waals surface area (Å²) in [5.74, 6) is 0.448. The topological polar surface area (TPSA) is 49.4 Å². The average molecular weight is 409 g/mol. The molecule has 0 unspecified atom stereocenters. The minimum atomic E-state index is -0.598. The van der Waals surface area contributed by atoms with E-state index in [9.17, 15) is 9.59 Å². The second kappa shape index (κ2) is 8.54. The lowest BCUT2D eigenvalue weighted by Crippen LogP contribution is -2.54. The van der Waals surface area contributed by atoms with E-state index in [-0.39, 0.29) is 17.7 Å². The van der Waals surface area contributed by atoms with Crippen molar-refractivity contribution in [1.82, 2.24) is 10.2 Å². The number of nitrogens with zero attached hydrogens (tertiary/aromatic N) is 1. The van der Waals surface area contributed by atoms with Gasteiger partial charge in [-0.15, -0.1) is 17.9 Å². The highest BCUT2D eigenvalue weighted by atomic mass is 32.1. The zero-order valence-corrected chi connectivity index (χ0v) is 17.5. The molecule has 2 aliphatic rings. The number of hydrogen-bond acceptors (Lipinski definition) is 3. The molecule has 5 heteroatoms. The number of rotatable bonds is 7. The van der Waals surface area contributed by atoms with Crippen LogP contribution in [0.4, 0.5) is 0 Å². The molecule has 152 valence electrons. The van der Waals surface area contributed by atoms with Crippen molar-refractivity contribution in [2.24, 2.45) is 11.3 Å². The largest absolute Gasteiger partial charge is 0.352 e. The Morgan fingerprint density at radius 3 is 2.79 bits per heavy atom. The predicted octanol–water partition coefficient (Wildman–Crippen LogP) is 4.28. The molecule has 0 spiro atoms. The predicted molar refractivity (Wildman–Crippen MR) is 118 cm³/mol. The molecule has 29 heavy (non-hydrogen) atoms. The highest BCUT2D eigenvalue weighted by Gasteiger charge is 2.45. The Hall–Kier alpha value is -2.40. The quantitative estimate of drug-likeness (QED) is 0.695. The van der Waals surface area contributed by atoms with E-state index in [0.717, 1.165) is 32.2 Å². The van der Waals surface area contributed by atoms with E-state index in [0.29, 0.717) is 19.5 Å². The summed E-state index contributed by atoms with van der Waals surface area (Å²) in [7, 11) is 0. The van der Waals surface area contributed by atoms with Gasteiger partial charge in [0.05, 0.1) is 5.41 Å². The highest BCUT2D eigenvalue weighted by Crippen LogP contribution is 2.40. The molecule has 1 saturated carbocycles. The molecule has 2 fully saturated rings. The van der Waals surface area contributed by atoms with Gasteiger partial charge in [0.25, 0.3) is 0 Å². The fraction of sp³-hybridized carbons (Fsp3) is 0.417. The summed E-state index contributed by atoms with van der Waals surface area (Å²) in [4.78, 5) is 29.3. The lowest BCUT2D eigenvalue weighted by atomic mass is 9.73. The average Bonchev–Trinajstić information content (AvgIpc) is 3.46. The van der Waals surface area contributed by atoms with E-state index in [4.69, 9.17) is 0 Å². The van der Waals surface area contributed by atoms with Gasteiger partial charge in [0.15, 0.2) is 0 Å². The van der Waals surface area contributed by atoms with E-state index in [1.54, 1.807) is 17.4 Å². The molecule has 4 rings (SSSR count). The molecule has 1 saturated heterocycles. The lowest BCUT2D eigenvalue weighted by molar-refractivity contribution is -0.142. The first kappa shape index (κ1) is 19.9. The van der Waals surface area contributed by atoms with Crippen molar-refractivity contribution in [2.45, 2.75) is 32.1 Å². The number of carbonyl (C=O) groups excluding carboxylic acids is 2. The number of benzene rings is 1. The standard InChI is InChI=1S/C24H28N2O2S/c1-2-13-25-23(28)24(12-6-14-26(17-24)22(27)18-10-11-18)16-19-7-3-4-8-20(19)21-9-5-15-29-21/h2-5,7-9,15,18H,1,6,10-14,16-17H2,(H,25,28)/t24-/m0/s1. The van der Waals surface area contributed by atoms with Gasteiger partial charge in [0, 0.05) is 30.4 Å². The second-order valence-electron chi connectivity index (χ2n) is 8.23. The third-order valence-corrected chi connectivity index (χ3v) is 6.94. The summed E-state index contributed by atoms with van der Waals surface area (Å²) in [5, 5.41) is 5.11. The van der Waals surface area contributed by atoms with E-state index in [1.807, 2.05) is 17.0 Å². The van der Waals surface area contributed by atoms with Gasteiger partial charge in [-0.25, -0.2) is 0 Å². The number of likely N-dealkylation sites (tertiary alicyclic amines) is 1. The molecule has 0 radical (unpaired) electrons. The molecule has 2 aromatic rings. The monoisotopic (exact) mass is 408 g/mol. The van der Waals surface area contributed by atoms with Gasteiger partial charge >= 0.3 is 0 Å². The van der Waals surface area contributed by atoms with Crippen molar-refractivity contribution in [3.05, 3.63) is 60.0 Å². The van der Waals surface area contributed by atoms with Crippen LogP contribution in [0.5, 0.6) is 0 Å². The smallest absolute Gasteiger partial charge is 0.228 e. The van der Waals surface area contributed by atoms with Gasteiger partial charge in [0.1, 0.15) is 0 Å². The summed E-state index contributed by atoms with van der Waals surface area (Å²) < 4.78 is 0.